The van der Waals surface area contributed by atoms with Crippen LogP contribution < -0.4 is 38.1 Å². The molecule has 18 rings (SSSR count). The number of rotatable bonds is 26. The monoisotopic (exact) mass is 1450 g/mol. The number of alkyl halides is 3. The molecule has 18 aliphatic rings. The lowest BCUT2D eigenvalue weighted by atomic mass is 9.38. The Morgan fingerprint density at radius 2 is 0.627 bits per heavy atom. The molecule has 0 unspecified atom stereocenters. The number of Topliss-reactive ketones (excluding diaryl/α,β-unsaturated/α-hetero) is 1. The summed E-state index contributed by atoms with van der Waals surface area (Å²) in [5.41, 5.74) is 10.5. The summed E-state index contributed by atoms with van der Waals surface area (Å²) in [6.07, 6.45) is 16.1. The Hall–Kier alpha value is -5.01. The van der Waals surface area contributed by atoms with Crippen LogP contribution in [0.4, 0.5) is 22.8 Å². The number of carboxylic acid groups (broad SMARTS) is 2. The number of carbonyl (C=O) groups excluding carboxylic acids is 6. The van der Waals surface area contributed by atoms with Gasteiger partial charge in [0, 0.05) is 52.5 Å². The van der Waals surface area contributed by atoms with Crippen LogP contribution in [-0.4, -0.2) is 197 Å². The van der Waals surface area contributed by atoms with Gasteiger partial charge >= 0.3 is 30.5 Å². The number of nitrogens with one attached hydrogen (secondary N) is 5. The molecule has 0 radical (unpaired) electrons. The third kappa shape index (κ3) is 23.2. The van der Waals surface area contributed by atoms with E-state index in [0.29, 0.717) is 18.4 Å². The highest BCUT2D eigenvalue weighted by atomic mass is 19.4. The molecule has 5 amide bonds. The number of carbonyl (C=O) groups is 8. The largest absolute Gasteiger partial charge is 0.522 e. The molecule has 0 saturated heterocycles. The minimum Gasteiger partial charge on any atom is -0.480 e. The molecule has 0 aromatic rings. The van der Waals surface area contributed by atoms with Crippen LogP contribution in [-0.2, 0) is 71.4 Å². The number of alkyl carbamates (subject to hydrolysis) is 2. The number of hydrogen-bond acceptors (Lipinski definition) is 19. The van der Waals surface area contributed by atoms with Crippen molar-refractivity contribution in [3.63, 3.8) is 0 Å². The number of amides is 5. The lowest BCUT2D eigenvalue weighted by Crippen LogP contribution is -2.84. The highest BCUT2D eigenvalue weighted by Crippen LogP contribution is 2.69. The Balaban J connectivity index is 0.000000149. The van der Waals surface area contributed by atoms with Crippen molar-refractivity contribution in [3.8, 4) is 0 Å². The maximum Gasteiger partial charge on any atom is 0.522 e. The first-order valence-corrected chi connectivity index (χ1v) is 37.1. The van der Waals surface area contributed by atoms with Gasteiger partial charge in [-0.1, -0.05) is 34.6 Å². The Bertz CT molecular complexity index is 2870. The van der Waals surface area contributed by atoms with Crippen molar-refractivity contribution in [2.24, 2.45) is 46.5 Å². The van der Waals surface area contributed by atoms with E-state index in [1.165, 1.54) is 0 Å². The summed E-state index contributed by atoms with van der Waals surface area (Å²) in [5, 5.41) is 31.5. The summed E-state index contributed by atoms with van der Waals surface area (Å²) in [5.74, 6) is 1.72. The highest BCUT2D eigenvalue weighted by Gasteiger charge is 2.71. The van der Waals surface area contributed by atoms with Gasteiger partial charge in [-0.3, -0.25) is 23.9 Å². The first kappa shape index (κ1) is 81.1. The second-order valence-corrected chi connectivity index (χ2v) is 36.3. The maximum absolute atomic E-state index is 12.2. The minimum absolute atomic E-state index is 0.0228. The molecule has 0 atom stereocenters. The zero-order valence-corrected chi connectivity index (χ0v) is 62.0. The fraction of sp³-hybridized carbons (Fsp3) is 0.890. The van der Waals surface area contributed by atoms with Crippen molar-refractivity contribution >= 4 is 47.6 Å². The molecule has 8 bridgehead atoms. The van der Waals surface area contributed by atoms with E-state index in [-0.39, 0.29) is 163 Å². The first-order chi connectivity index (χ1) is 47.2. The minimum atomic E-state index is -4.62. The fourth-order valence-corrected chi connectivity index (χ4v) is 17.8. The molecule has 18 fully saturated rings. The smallest absolute Gasteiger partial charge is 0.480 e. The second kappa shape index (κ2) is 31.4. The average Bonchev–Trinajstić information content (AvgIpc) is 0.702. The van der Waals surface area contributed by atoms with Gasteiger partial charge in [-0.2, -0.15) is 0 Å². The Kier molecular flexibility index (Phi) is 25.0. The van der Waals surface area contributed by atoms with Gasteiger partial charge in [-0.05, 0) is 218 Å². The quantitative estimate of drug-likeness (QED) is 0.0392. The van der Waals surface area contributed by atoms with Crippen LogP contribution >= 0.6 is 0 Å². The number of nitrogens with two attached hydrogens (primary N) is 2. The van der Waals surface area contributed by atoms with Crippen LogP contribution in [0.15, 0.2) is 0 Å². The zero-order valence-electron chi connectivity index (χ0n) is 62.0. The Morgan fingerprint density at radius 3 is 0.902 bits per heavy atom. The predicted molar refractivity (Wildman–Crippen MR) is 364 cm³/mol. The normalized spacial score (nSPS) is 39.1. The van der Waals surface area contributed by atoms with Crippen LogP contribution in [0.5, 0.6) is 0 Å². The lowest BCUT2D eigenvalue weighted by molar-refractivity contribution is -0.357. The number of ketones is 1. The molecule has 18 saturated carbocycles. The molecule has 11 N–H and O–H groups in total. The zero-order chi connectivity index (χ0) is 74.9. The standard InChI is InChI=1S/C20H28F3NO5.C17H28N2O4.C12H20N2O2.C10H18N2O2.2C7H12O3/c1-12-2-14(3-12)28-8-17(26)24-19-9-18(10-19,11-19)6-13(25)7-27-15-4-16(5-15)29-20(21,22)23;1-11-5-12(6-11)22-7-13(20)18-16-8-17(9-16,10-16)19-14(21)23-15(2,3)4;1-8-2-9(3-8)16-4-10(15)14-12-5-11(13,6-12)7-12;1-8(2,3)14-7(13)12-10-4-9(11,5-10)6-10;2*1-5-2-6(3-5)10-4-7(8)9/h12,14-16H,2-11H2,1H3,(H,24,26);11-12H,5-10H2,1-4H3,(H,18,20)(H,19,21);8-9H,2-7,13H2,1H3,(H,14,15);4-6,11H2,1-3H3,(H,12,13);2*5-6H,2-4H2,1H3,(H,8,9). The summed E-state index contributed by atoms with van der Waals surface area (Å²) in [7, 11) is 0. The van der Waals surface area contributed by atoms with Gasteiger partial charge in [0.15, 0.2) is 5.78 Å². The number of halogens is 3. The second-order valence-electron chi connectivity index (χ2n) is 36.3. The molecule has 0 aliphatic heterocycles. The number of aliphatic carboxylic acids is 2. The van der Waals surface area contributed by atoms with Crippen molar-refractivity contribution in [2.45, 2.75) is 336 Å². The van der Waals surface area contributed by atoms with Crippen molar-refractivity contribution in [2.75, 3.05) is 39.6 Å². The molecular weight excluding hydrogens is 1340 g/mol. The third-order valence-electron chi connectivity index (χ3n) is 22.4. The first-order valence-electron chi connectivity index (χ1n) is 37.1. The Labute approximate surface area is 598 Å². The molecule has 102 heavy (non-hydrogen) atoms. The van der Waals surface area contributed by atoms with Gasteiger partial charge in [-0.15, -0.1) is 13.2 Å². The van der Waals surface area contributed by atoms with Crippen LogP contribution in [0.3, 0.4) is 0 Å². The van der Waals surface area contributed by atoms with E-state index in [1.54, 1.807) is 0 Å². The van der Waals surface area contributed by atoms with Gasteiger partial charge in [-0.25, -0.2) is 19.2 Å². The van der Waals surface area contributed by atoms with Crippen molar-refractivity contribution in [1.82, 2.24) is 26.6 Å². The van der Waals surface area contributed by atoms with Crippen molar-refractivity contribution in [1.29, 1.82) is 0 Å². The summed E-state index contributed by atoms with van der Waals surface area (Å²) < 4.78 is 82.7. The van der Waals surface area contributed by atoms with E-state index in [4.69, 9.17) is 59.6 Å². The number of hydrogen-bond donors (Lipinski definition) is 9. The summed E-state index contributed by atoms with van der Waals surface area (Å²) >= 11 is 0. The lowest BCUT2D eigenvalue weighted by Gasteiger charge is -2.70. The van der Waals surface area contributed by atoms with E-state index >= 15 is 0 Å². The van der Waals surface area contributed by atoms with Crippen LogP contribution in [0.1, 0.15) is 237 Å². The van der Waals surface area contributed by atoms with Gasteiger partial charge < -0.3 is 86.2 Å². The fourth-order valence-electron chi connectivity index (χ4n) is 17.8. The summed E-state index contributed by atoms with van der Waals surface area (Å²) in [6, 6.07) is 0. The van der Waals surface area contributed by atoms with E-state index in [0.717, 1.165) is 165 Å². The predicted octanol–water partition coefficient (Wildman–Crippen LogP) is 8.47. The topological polar surface area (TPSA) is 372 Å². The van der Waals surface area contributed by atoms with Crippen LogP contribution in [0.25, 0.3) is 0 Å². The molecule has 0 aromatic carbocycles. The molecule has 18 aliphatic carbocycles. The third-order valence-corrected chi connectivity index (χ3v) is 22.4. The molecule has 0 spiro atoms. The maximum atomic E-state index is 12.2. The van der Waals surface area contributed by atoms with Crippen molar-refractivity contribution < 1.29 is 104 Å². The molecule has 29 heteroatoms. The van der Waals surface area contributed by atoms with E-state index in [1.807, 2.05) is 41.5 Å². The van der Waals surface area contributed by atoms with E-state index in [2.05, 4.69) is 65.9 Å². The molecule has 26 nitrogen and oxygen atoms in total. The van der Waals surface area contributed by atoms with E-state index < -0.39 is 35.6 Å². The summed E-state index contributed by atoms with van der Waals surface area (Å²) in [4.78, 5) is 91.1. The van der Waals surface area contributed by atoms with Gasteiger partial charge in [0.1, 0.15) is 50.8 Å². The highest BCUT2D eigenvalue weighted by molar-refractivity contribution is 5.83. The van der Waals surface area contributed by atoms with Crippen LogP contribution in [0.2, 0.25) is 0 Å². The van der Waals surface area contributed by atoms with E-state index in [9.17, 15) is 51.5 Å². The van der Waals surface area contributed by atoms with Gasteiger partial charge in [0.25, 0.3) is 0 Å². The van der Waals surface area contributed by atoms with Crippen molar-refractivity contribution in [3.05, 3.63) is 0 Å². The van der Waals surface area contributed by atoms with Crippen LogP contribution in [0, 0.1) is 35.0 Å². The molecule has 580 valence electrons. The SMILES string of the molecule is CC(C)(C)OC(=O)NC12CC(N)(C1)C2.CC1CC(OCC(=O)NC23CC(CC(=O)COC4CC(OC(F)(F)F)C4)(C2)C3)C1.CC1CC(OCC(=O)NC23CC(N)(C2)C3)C1.CC1CC(OCC(=O)NC23CC(NC(=O)OC(C)(C)C)(C2)C3)C1.CC1CC(OCC(=O)O)C1.CC1CC(OCC(=O)O)C1. The van der Waals surface area contributed by atoms with Gasteiger partial charge in [0.05, 0.1) is 48.3 Å². The average molecular weight is 1450 g/mol. The number of carboxylic acids is 2. The van der Waals surface area contributed by atoms with Gasteiger partial charge in [0.2, 0.25) is 17.7 Å². The Morgan fingerprint density at radius 1 is 0.373 bits per heavy atom. The molecule has 0 heterocycles. The summed E-state index contributed by atoms with van der Waals surface area (Å²) in [6.45, 7) is 22.1. The molecule has 0 aromatic heterocycles. The molecular formula is C73H118F3N7O19. The number of ether oxygens (including phenoxy) is 9.